The molecule has 0 saturated carbocycles. The Balaban J connectivity index is 2.09. The molecule has 0 aromatic carbocycles. The average Bonchev–Trinajstić information content (AvgIpc) is 2.92. The minimum absolute atomic E-state index is 0.376. The second kappa shape index (κ2) is 5.59. The van der Waals surface area contributed by atoms with Gasteiger partial charge in [0.15, 0.2) is 0 Å². The molecule has 2 heterocycles. The molecule has 1 atom stereocenters. The van der Waals surface area contributed by atoms with Gasteiger partial charge in [0.05, 0.1) is 12.7 Å². The standard InChI is InChI=1S/C13H19ClN4/c1-4-15-10(2)11-5-6-18(8-11)9-13-16-7-12(14)17(13)3/h5-8,10,15H,4,9H2,1-3H3. The highest BCUT2D eigenvalue weighted by molar-refractivity contribution is 6.29. The van der Waals surface area contributed by atoms with Crippen molar-refractivity contribution in [2.45, 2.75) is 26.4 Å². The van der Waals surface area contributed by atoms with E-state index in [9.17, 15) is 0 Å². The quantitative estimate of drug-likeness (QED) is 0.903. The molecule has 2 aromatic heterocycles. The van der Waals surface area contributed by atoms with Crippen LogP contribution in [0, 0.1) is 0 Å². The molecule has 18 heavy (non-hydrogen) atoms. The van der Waals surface area contributed by atoms with Crippen LogP contribution in [0.25, 0.3) is 0 Å². The summed E-state index contributed by atoms with van der Waals surface area (Å²) in [4.78, 5) is 4.30. The zero-order valence-corrected chi connectivity index (χ0v) is 11.8. The van der Waals surface area contributed by atoms with Crippen LogP contribution in [0.5, 0.6) is 0 Å². The lowest BCUT2D eigenvalue weighted by Crippen LogP contribution is -2.17. The van der Waals surface area contributed by atoms with Gasteiger partial charge in [0.1, 0.15) is 11.0 Å². The zero-order chi connectivity index (χ0) is 13.1. The topological polar surface area (TPSA) is 34.8 Å². The van der Waals surface area contributed by atoms with E-state index in [0.29, 0.717) is 11.2 Å². The Morgan fingerprint density at radius 1 is 1.50 bits per heavy atom. The van der Waals surface area contributed by atoms with Crippen LogP contribution in [0.2, 0.25) is 5.15 Å². The Labute approximate surface area is 113 Å². The van der Waals surface area contributed by atoms with Crippen LogP contribution >= 0.6 is 11.6 Å². The second-order valence-corrected chi connectivity index (χ2v) is 4.84. The third-order valence-electron chi connectivity index (χ3n) is 3.14. The number of imidazole rings is 1. The molecular formula is C13H19ClN4. The first-order valence-corrected chi connectivity index (χ1v) is 6.54. The summed E-state index contributed by atoms with van der Waals surface area (Å²) in [6.45, 7) is 5.99. The molecule has 2 aromatic rings. The third kappa shape index (κ3) is 2.76. The van der Waals surface area contributed by atoms with Crippen molar-refractivity contribution in [3.63, 3.8) is 0 Å². The molecule has 1 N–H and O–H groups in total. The van der Waals surface area contributed by atoms with Gasteiger partial charge in [-0.3, -0.25) is 0 Å². The first-order chi connectivity index (χ1) is 8.61. The van der Waals surface area contributed by atoms with E-state index in [4.69, 9.17) is 11.6 Å². The number of nitrogens with zero attached hydrogens (tertiary/aromatic N) is 3. The van der Waals surface area contributed by atoms with Gasteiger partial charge in [-0.1, -0.05) is 18.5 Å². The summed E-state index contributed by atoms with van der Waals surface area (Å²) < 4.78 is 4.02. The number of rotatable bonds is 5. The van der Waals surface area contributed by atoms with Gasteiger partial charge < -0.3 is 14.5 Å². The van der Waals surface area contributed by atoms with E-state index in [1.165, 1.54) is 5.56 Å². The van der Waals surface area contributed by atoms with E-state index in [0.717, 1.165) is 18.9 Å². The van der Waals surface area contributed by atoms with E-state index >= 15 is 0 Å². The number of hydrogen-bond acceptors (Lipinski definition) is 2. The molecule has 98 valence electrons. The maximum atomic E-state index is 5.97. The number of aromatic nitrogens is 3. The van der Waals surface area contributed by atoms with Crippen LogP contribution in [0.1, 0.15) is 31.3 Å². The van der Waals surface area contributed by atoms with Gasteiger partial charge in [0.2, 0.25) is 0 Å². The highest BCUT2D eigenvalue weighted by atomic mass is 35.5. The van der Waals surface area contributed by atoms with Crippen molar-refractivity contribution in [1.29, 1.82) is 0 Å². The fourth-order valence-corrected chi connectivity index (χ4v) is 2.12. The van der Waals surface area contributed by atoms with Crippen LogP contribution in [0.4, 0.5) is 0 Å². The van der Waals surface area contributed by atoms with E-state index in [-0.39, 0.29) is 0 Å². The van der Waals surface area contributed by atoms with Gasteiger partial charge in [-0.05, 0) is 25.1 Å². The van der Waals surface area contributed by atoms with Crippen molar-refractivity contribution >= 4 is 11.6 Å². The molecule has 0 radical (unpaired) electrons. The van der Waals surface area contributed by atoms with Gasteiger partial charge in [-0.2, -0.15) is 0 Å². The van der Waals surface area contributed by atoms with Crippen LogP contribution in [-0.4, -0.2) is 20.7 Å². The molecule has 0 fully saturated rings. The molecular weight excluding hydrogens is 248 g/mol. The van der Waals surface area contributed by atoms with Crippen molar-refractivity contribution in [3.8, 4) is 0 Å². The predicted molar refractivity (Wildman–Crippen MR) is 73.8 cm³/mol. The molecule has 0 saturated heterocycles. The lowest BCUT2D eigenvalue weighted by atomic mass is 10.2. The summed E-state index contributed by atoms with van der Waals surface area (Å²) in [5.74, 6) is 0.957. The minimum Gasteiger partial charge on any atom is -0.346 e. The molecule has 0 bridgehead atoms. The molecule has 0 aliphatic carbocycles. The van der Waals surface area contributed by atoms with Crippen molar-refractivity contribution in [1.82, 2.24) is 19.4 Å². The van der Waals surface area contributed by atoms with E-state index < -0.39 is 0 Å². The van der Waals surface area contributed by atoms with E-state index in [2.05, 4.69) is 47.2 Å². The van der Waals surface area contributed by atoms with Crippen LogP contribution in [0.3, 0.4) is 0 Å². The largest absolute Gasteiger partial charge is 0.346 e. The Morgan fingerprint density at radius 2 is 2.28 bits per heavy atom. The molecule has 4 nitrogen and oxygen atoms in total. The van der Waals surface area contributed by atoms with Crippen molar-refractivity contribution < 1.29 is 0 Å². The van der Waals surface area contributed by atoms with Gasteiger partial charge in [0, 0.05) is 25.5 Å². The SMILES string of the molecule is CCNC(C)c1ccn(Cc2ncc(Cl)n2C)c1. The monoisotopic (exact) mass is 266 g/mol. The average molecular weight is 267 g/mol. The Morgan fingerprint density at radius 3 is 2.89 bits per heavy atom. The Bertz CT molecular complexity index is 515. The van der Waals surface area contributed by atoms with Crippen molar-refractivity contribution in [2.75, 3.05) is 6.54 Å². The summed E-state index contributed by atoms with van der Waals surface area (Å²) in [5, 5.41) is 4.06. The van der Waals surface area contributed by atoms with Gasteiger partial charge in [0.25, 0.3) is 0 Å². The van der Waals surface area contributed by atoms with Gasteiger partial charge in [-0.15, -0.1) is 0 Å². The van der Waals surface area contributed by atoms with Crippen molar-refractivity contribution in [2.24, 2.45) is 7.05 Å². The van der Waals surface area contributed by atoms with Crippen LogP contribution < -0.4 is 5.32 Å². The summed E-state index contributed by atoms with van der Waals surface area (Å²) in [6.07, 6.45) is 5.91. The van der Waals surface area contributed by atoms with E-state index in [1.54, 1.807) is 6.20 Å². The first-order valence-electron chi connectivity index (χ1n) is 6.17. The van der Waals surface area contributed by atoms with Crippen LogP contribution in [0.15, 0.2) is 24.7 Å². The smallest absolute Gasteiger partial charge is 0.129 e. The summed E-state index contributed by atoms with van der Waals surface area (Å²) in [7, 11) is 1.93. The first kappa shape index (κ1) is 13.2. The molecule has 5 heteroatoms. The van der Waals surface area contributed by atoms with Gasteiger partial charge in [-0.25, -0.2) is 4.98 Å². The number of halogens is 1. The Kier molecular flexibility index (Phi) is 4.09. The maximum Gasteiger partial charge on any atom is 0.129 e. The molecule has 2 rings (SSSR count). The maximum absolute atomic E-state index is 5.97. The molecule has 0 amide bonds. The number of hydrogen-bond donors (Lipinski definition) is 1. The lowest BCUT2D eigenvalue weighted by molar-refractivity contribution is 0.595. The molecule has 0 aliphatic rings. The minimum atomic E-state index is 0.376. The highest BCUT2D eigenvalue weighted by Crippen LogP contribution is 2.15. The predicted octanol–water partition coefficient (Wildman–Crippen LogP) is 2.59. The zero-order valence-electron chi connectivity index (χ0n) is 11.0. The fraction of sp³-hybridized carbons (Fsp3) is 0.462. The van der Waals surface area contributed by atoms with Crippen molar-refractivity contribution in [3.05, 3.63) is 41.2 Å². The highest BCUT2D eigenvalue weighted by Gasteiger charge is 2.08. The number of nitrogens with one attached hydrogen (secondary N) is 1. The summed E-state index contributed by atoms with van der Waals surface area (Å²) in [5.41, 5.74) is 1.29. The summed E-state index contributed by atoms with van der Waals surface area (Å²) in [6, 6.07) is 2.51. The van der Waals surface area contributed by atoms with Gasteiger partial charge >= 0.3 is 0 Å². The third-order valence-corrected chi connectivity index (χ3v) is 3.49. The lowest BCUT2D eigenvalue weighted by Gasteiger charge is -2.10. The Hall–Kier alpha value is -1.26. The molecule has 0 spiro atoms. The second-order valence-electron chi connectivity index (χ2n) is 4.45. The molecule has 0 aliphatic heterocycles. The normalized spacial score (nSPS) is 12.9. The fourth-order valence-electron chi connectivity index (χ4n) is 1.97. The molecule has 1 unspecified atom stereocenters. The van der Waals surface area contributed by atoms with E-state index in [1.807, 2.05) is 11.6 Å². The summed E-state index contributed by atoms with van der Waals surface area (Å²) >= 11 is 5.97. The van der Waals surface area contributed by atoms with Crippen LogP contribution in [-0.2, 0) is 13.6 Å².